The highest BCUT2D eigenvalue weighted by molar-refractivity contribution is 5.71. The topological polar surface area (TPSA) is 38.3 Å². The third-order valence-corrected chi connectivity index (χ3v) is 2.75. The Hall–Kier alpha value is -1.35. The van der Waals surface area contributed by atoms with Crippen LogP contribution in [0.2, 0.25) is 0 Å². The molecule has 0 aliphatic rings. The molecule has 17 heavy (non-hydrogen) atoms. The lowest BCUT2D eigenvalue weighted by Crippen LogP contribution is -2.27. The summed E-state index contributed by atoms with van der Waals surface area (Å²) in [6, 6.07) is 8.60. The summed E-state index contributed by atoms with van der Waals surface area (Å²) in [5.74, 6) is -0.204. The molecule has 0 fully saturated rings. The quantitative estimate of drug-likeness (QED) is 0.770. The Kier molecular flexibility index (Phi) is 5.70. The number of carbonyl (C=O) groups is 1. The lowest BCUT2D eigenvalue weighted by molar-refractivity contribution is -0.142. The maximum atomic E-state index is 11.2. The third kappa shape index (κ3) is 4.57. The Morgan fingerprint density at radius 3 is 2.47 bits per heavy atom. The van der Waals surface area contributed by atoms with Crippen molar-refractivity contribution in [1.82, 2.24) is 5.32 Å². The fourth-order valence-corrected chi connectivity index (χ4v) is 1.61. The van der Waals surface area contributed by atoms with Gasteiger partial charge in [-0.2, -0.15) is 0 Å². The summed E-state index contributed by atoms with van der Waals surface area (Å²) in [6.45, 7) is 6.67. The monoisotopic (exact) mass is 235 g/mol. The molecule has 0 aromatic heterocycles. The standard InChI is InChI=1S/C14H21NO2/c1-4-12-6-8-13(9-7-12)11(3)15-10-14(16)17-5-2/h6-9,11,15H,4-5,10H2,1-3H3. The summed E-state index contributed by atoms with van der Waals surface area (Å²) >= 11 is 0. The van der Waals surface area contributed by atoms with Crippen LogP contribution in [-0.2, 0) is 16.0 Å². The van der Waals surface area contributed by atoms with E-state index in [0.29, 0.717) is 6.61 Å². The summed E-state index contributed by atoms with van der Waals surface area (Å²) in [5, 5.41) is 3.15. The lowest BCUT2D eigenvalue weighted by atomic mass is 10.1. The molecule has 1 N–H and O–H groups in total. The minimum Gasteiger partial charge on any atom is -0.465 e. The summed E-state index contributed by atoms with van der Waals surface area (Å²) < 4.78 is 4.86. The van der Waals surface area contributed by atoms with Crippen LogP contribution in [0.3, 0.4) is 0 Å². The summed E-state index contributed by atoms with van der Waals surface area (Å²) in [6.07, 6.45) is 1.05. The average molecular weight is 235 g/mol. The van der Waals surface area contributed by atoms with Gasteiger partial charge in [0, 0.05) is 6.04 Å². The number of hydrogen-bond acceptors (Lipinski definition) is 3. The molecule has 1 aromatic rings. The fourth-order valence-electron chi connectivity index (χ4n) is 1.61. The Balaban J connectivity index is 2.46. The van der Waals surface area contributed by atoms with E-state index in [9.17, 15) is 4.79 Å². The van der Waals surface area contributed by atoms with E-state index in [2.05, 4.69) is 36.5 Å². The van der Waals surface area contributed by atoms with Gasteiger partial charge in [0.15, 0.2) is 0 Å². The van der Waals surface area contributed by atoms with Gasteiger partial charge in [-0.15, -0.1) is 0 Å². The molecule has 1 atom stereocenters. The van der Waals surface area contributed by atoms with Crippen LogP contribution in [0.4, 0.5) is 0 Å². The van der Waals surface area contributed by atoms with Crippen LogP contribution >= 0.6 is 0 Å². The number of esters is 1. The fraction of sp³-hybridized carbons (Fsp3) is 0.500. The number of aryl methyl sites for hydroxylation is 1. The highest BCUT2D eigenvalue weighted by Crippen LogP contribution is 2.13. The minimum atomic E-state index is -0.204. The predicted octanol–water partition coefficient (Wildman–Crippen LogP) is 2.46. The molecule has 0 saturated heterocycles. The molecule has 0 aliphatic carbocycles. The first kappa shape index (κ1) is 13.7. The molecule has 3 heteroatoms. The van der Waals surface area contributed by atoms with Gasteiger partial charge < -0.3 is 10.1 Å². The van der Waals surface area contributed by atoms with Crippen molar-refractivity contribution in [2.24, 2.45) is 0 Å². The Morgan fingerprint density at radius 2 is 1.94 bits per heavy atom. The molecule has 1 aromatic carbocycles. The van der Waals surface area contributed by atoms with Crippen LogP contribution in [0, 0.1) is 0 Å². The Labute approximate surface area is 103 Å². The summed E-state index contributed by atoms with van der Waals surface area (Å²) in [7, 11) is 0. The Morgan fingerprint density at radius 1 is 1.29 bits per heavy atom. The van der Waals surface area contributed by atoms with Crippen molar-refractivity contribution in [2.75, 3.05) is 13.2 Å². The zero-order valence-electron chi connectivity index (χ0n) is 10.8. The number of rotatable bonds is 6. The van der Waals surface area contributed by atoms with E-state index in [4.69, 9.17) is 4.74 Å². The van der Waals surface area contributed by atoms with E-state index in [1.165, 1.54) is 11.1 Å². The molecule has 0 spiro atoms. The summed E-state index contributed by atoms with van der Waals surface area (Å²) in [5.41, 5.74) is 2.51. The Bertz CT molecular complexity index is 346. The first-order valence-corrected chi connectivity index (χ1v) is 6.15. The van der Waals surface area contributed by atoms with Crippen molar-refractivity contribution < 1.29 is 9.53 Å². The number of benzene rings is 1. The minimum absolute atomic E-state index is 0.158. The zero-order valence-corrected chi connectivity index (χ0v) is 10.8. The van der Waals surface area contributed by atoms with Gasteiger partial charge in [0.1, 0.15) is 0 Å². The van der Waals surface area contributed by atoms with Crippen LogP contribution in [-0.4, -0.2) is 19.1 Å². The SMILES string of the molecule is CCOC(=O)CNC(C)c1ccc(CC)cc1. The van der Waals surface area contributed by atoms with E-state index < -0.39 is 0 Å². The van der Waals surface area contributed by atoms with Crippen LogP contribution < -0.4 is 5.32 Å². The molecule has 0 amide bonds. The van der Waals surface area contributed by atoms with E-state index >= 15 is 0 Å². The largest absolute Gasteiger partial charge is 0.465 e. The predicted molar refractivity (Wildman–Crippen MR) is 68.9 cm³/mol. The molecule has 0 saturated carbocycles. The zero-order chi connectivity index (χ0) is 12.7. The smallest absolute Gasteiger partial charge is 0.319 e. The second-order valence-electron chi connectivity index (χ2n) is 4.00. The van der Waals surface area contributed by atoms with Crippen LogP contribution in [0.15, 0.2) is 24.3 Å². The molecule has 1 rings (SSSR count). The van der Waals surface area contributed by atoms with Crippen molar-refractivity contribution in [3.63, 3.8) is 0 Å². The van der Waals surface area contributed by atoms with Gasteiger partial charge in [-0.05, 0) is 31.4 Å². The van der Waals surface area contributed by atoms with Gasteiger partial charge >= 0.3 is 5.97 Å². The van der Waals surface area contributed by atoms with Gasteiger partial charge in [0.05, 0.1) is 13.2 Å². The second-order valence-corrected chi connectivity index (χ2v) is 4.00. The van der Waals surface area contributed by atoms with Gasteiger partial charge in [0.25, 0.3) is 0 Å². The molecular weight excluding hydrogens is 214 g/mol. The van der Waals surface area contributed by atoms with Crippen LogP contribution in [0.5, 0.6) is 0 Å². The molecule has 1 unspecified atom stereocenters. The molecule has 94 valence electrons. The number of ether oxygens (including phenoxy) is 1. The van der Waals surface area contributed by atoms with Gasteiger partial charge in [-0.1, -0.05) is 31.2 Å². The molecule has 0 aliphatic heterocycles. The van der Waals surface area contributed by atoms with Crippen molar-refractivity contribution in [3.8, 4) is 0 Å². The second kappa shape index (κ2) is 7.07. The van der Waals surface area contributed by atoms with Crippen LogP contribution in [0.1, 0.15) is 37.9 Å². The molecule has 0 radical (unpaired) electrons. The molecular formula is C14H21NO2. The maximum absolute atomic E-state index is 11.2. The van der Waals surface area contributed by atoms with Crippen molar-refractivity contribution in [2.45, 2.75) is 33.2 Å². The van der Waals surface area contributed by atoms with Gasteiger partial charge in [0.2, 0.25) is 0 Å². The van der Waals surface area contributed by atoms with Crippen LogP contribution in [0.25, 0.3) is 0 Å². The highest BCUT2D eigenvalue weighted by atomic mass is 16.5. The normalized spacial score (nSPS) is 12.2. The van der Waals surface area contributed by atoms with Gasteiger partial charge in [-0.25, -0.2) is 0 Å². The average Bonchev–Trinajstić information content (AvgIpc) is 2.36. The van der Waals surface area contributed by atoms with E-state index in [1.807, 2.05) is 13.8 Å². The van der Waals surface area contributed by atoms with E-state index in [0.717, 1.165) is 6.42 Å². The highest BCUT2D eigenvalue weighted by Gasteiger charge is 2.07. The number of hydrogen-bond donors (Lipinski definition) is 1. The van der Waals surface area contributed by atoms with E-state index in [-0.39, 0.29) is 18.6 Å². The van der Waals surface area contributed by atoms with Gasteiger partial charge in [-0.3, -0.25) is 4.79 Å². The van der Waals surface area contributed by atoms with E-state index in [1.54, 1.807) is 0 Å². The van der Waals surface area contributed by atoms with Crippen molar-refractivity contribution in [3.05, 3.63) is 35.4 Å². The summed E-state index contributed by atoms with van der Waals surface area (Å²) in [4.78, 5) is 11.2. The number of nitrogens with one attached hydrogen (secondary N) is 1. The lowest BCUT2D eigenvalue weighted by Gasteiger charge is -2.14. The first-order chi connectivity index (χ1) is 8.17. The van der Waals surface area contributed by atoms with Crippen molar-refractivity contribution >= 4 is 5.97 Å². The third-order valence-electron chi connectivity index (χ3n) is 2.75. The molecule has 0 heterocycles. The van der Waals surface area contributed by atoms with Crippen molar-refractivity contribution in [1.29, 1.82) is 0 Å². The maximum Gasteiger partial charge on any atom is 0.319 e. The molecule has 3 nitrogen and oxygen atoms in total. The first-order valence-electron chi connectivity index (χ1n) is 6.15. The number of carbonyl (C=O) groups excluding carboxylic acids is 1. The molecule has 0 bridgehead atoms.